The largest absolute Gasteiger partial charge is 0.481 e. The standard InChI is InChI=1S/C15H20N2O2/c1-16-6-8-17(9-7-16)14-12-5-3-2-4-11(12)10-13(14)15(18)19/h2-5,13-14H,6-10H2,1H3,(H,18,19)/t13?,14-/m1/s1. The molecule has 1 aliphatic heterocycles. The Labute approximate surface area is 113 Å². The Hall–Kier alpha value is -1.39. The van der Waals surface area contributed by atoms with E-state index >= 15 is 0 Å². The molecule has 19 heavy (non-hydrogen) atoms. The number of likely N-dealkylation sites (N-methyl/N-ethyl adjacent to an activating group) is 1. The summed E-state index contributed by atoms with van der Waals surface area (Å²) in [4.78, 5) is 16.2. The molecule has 1 fully saturated rings. The zero-order chi connectivity index (χ0) is 13.4. The van der Waals surface area contributed by atoms with Crippen LogP contribution >= 0.6 is 0 Å². The smallest absolute Gasteiger partial charge is 0.308 e. The first-order chi connectivity index (χ1) is 9.16. The molecule has 0 bridgehead atoms. The Morgan fingerprint density at radius 3 is 2.58 bits per heavy atom. The molecule has 1 heterocycles. The summed E-state index contributed by atoms with van der Waals surface area (Å²) >= 11 is 0. The first-order valence-corrected chi connectivity index (χ1v) is 6.90. The molecular formula is C15H20N2O2. The fraction of sp³-hybridized carbons (Fsp3) is 0.533. The minimum atomic E-state index is -0.667. The van der Waals surface area contributed by atoms with Crippen molar-refractivity contribution in [3.8, 4) is 0 Å². The van der Waals surface area contributed by atoms with Crippen molar-refractivity contribution in [2.75, 3.05) is 33.2 Å². The molecule has 1 saturated heterocycles. The quantitative estimate of drug-likeness (QED) is 0.868. The molecule has 1 unspecified atom stereocenters. The van der Waals surface area contributed by atoms with Crippen LogP contribution in [-0.4, -0.2) is 54.1 Å². The number of benzene rings is 1. The molecule has 0 radical (unpaired) electrons. The van der Waals surface area contributed by atoms with Crippen LogP contribution in [0.1, 0.15) is 17.2 Å². The van der Waals surface area contributed by atoms with Gasteiger partial charge in [-0.25, -0.2) is 0 Å². The molecule has 2 aliphatic rings. The van der Waals surface area contributed by atoms with Crippen LogP contribution in [0.5, 0.6) is 0 Å². The maximum atomic E-state index is 11.6. The van der Waals surface area contributed by atoms with E-state index in [1.165, 1.54) is 11.1 Å². The van der Waals surface area contributed by atoms with Crippen LogP contribution in [0.4, 0.5) is 0 Å². The number of carboxylic acid groups (broad SMARTS) is 1. The van der Waals surface area contributed by atoms with Crippen LogP contribution in [0.15, 0.2) is 24.3 Å². The van der Waals surface area contributed by atoms with Crippen LogP contribution in [0.25, 0.3) is 0 Å². The van der Waals surface area contributed by atoms with Gasteiger partial charge in [0.05, 0.1) is 5.92 Å². The second-order valence-corrected chi connectivity index (χ2v) is 5.63. The van der Waals surface area contributed by atoms with Crippen molar-refractivity contribution < 1.29 is 9.90 Å². The van der Waals surface area contributed by atoms with Crippen LogP contribution in [0.2, 0.25) is 0 Å². The van der Waals surface area contributed by atoms with Crippen molar-refractivity contribution in [2.45, 2.75) is 12.5 Å². The maximum absolute atomic E-state index is 11.6. The first-order valence-electron chi connectivity index (χ1n) is 6.90. The van der Waals surface area contributed by atoms with E-state index in [1.54, 1.807) is 0 Å². The monoisotopic (exact) mass is 260 g/mol. The molecule has 0 spiro atoms. The van der Waals surface area contributed by atoms with Crippen molar-refractivity contribution in [1.29, 1.82) is 0 Å². The van der Waals surface area contributed by atoms with Crippen LogP contribution in [0.3, 0.4) is 0 Å². The number of carboxylic acids is 1. The molecule has 1 aromatic carbocycles. The normalized spacial score (nSPS) is 28.3. The van der Waals surface area contributed by atoms with Crippen LogP contribution in [-0.2, 0) is 11.2 Å². The summed E-state index contributed by atoms with van der Waals surface area (Å²) in [6, 6.07) is 8.25. The number of nitrogens with zero attached hydrogens (tertiary/aromatic N) is 2. The van der Waals surface area contributed by atoms with Crippen LogP contribution in [0, 0.1) is 5.92 Å². The molecule has 102 valence electrons. The summed E-state index contributed by atoms with van der Waals surface area (Å²) in [7, 11) is 2.12. The van der Waals surface area contributed by atoms with Gasteiger partial charge in [-0.1, -0.05) is 24.3 Å². The van der Waals surface area contributed by atoms with Gasteiger partial charge in [0.15, 0.2) is 0 Å². The fourth-order valence-electron chi connectivity index (χ4n) is 3.35. The van der Waals surface area contributed by atoms with Gasteiger partial charge >= 0.3 is 5.97 Å². The van der Waals surface area contributed by atoms with Gasteiger partial charge in [0.2, 0.25) is 0 Å². The van der Waals surface area contributed by atoms with Crippen molar-refractivity contribution in [2.24, 2.45) is 5.92 Å². The topological polar surface area (TPSA) is 43.8 Å². The highest BCUT2D eigenvalue weighted by Crippen LogP contribution is 2.40. The Bertz CT molecular complexity index is 481. The van der Waals surface area contributed by atoms with E-state index in [2.05, 4.69) is 29.0 Å². The molecular weight excluding hydrogens is 240 g/mol. The third-order valence-corrected chi connectivity index (χ3v) is 4.44. The van der Waals surface area contributed by atoms with Crippen molar-refractivity contribution >= 4 is 5.97 Å². The number of hydrogen-bond acceptors (Lipinski definition) is 3. The van der Waals surface area contributed by atoms with E-state index < -0.39 is 5.97 Å². The maximum Gasteiger partial charge on any atom is 0.308 e. The number of fused-ring (bicyclic) bond motifs is 1. The van der Waals surface area contributed by atoms with Crippen molar-refractivity contribution in [1.82, 2.24) is 9.80 Å². The second kappa shape index (κ2) is 4.94. The van der Waals surface area contributed by atoms with Gasteiger partial charge in [-0.05, 0) is 24.6 Å². The fourth-order valence-corrected chi connectivity index (χ4v) is 3.35. The predicted molar refractivity (Wildman–Crippen MR) is 73.1 cm³/mol. The molecule has 1 aromatic rings. The molecule has 1 N–H and O–H groups in total. The molecule has 1 aliphatic carbocycles. The number of rotatable bonds is 2. The lowest BCUT2D eigenvalue weighted by molar-refractivity contribution is -0.144. The first kappa shape index (κ1) is 12.6. The average Bonchev–Trinajstić information content (AvgIpc) is 2.79. The third kappa shape index (κ3) is 2.26. The zero-order valence-corrected chi connectivity index (χ0v) is 11.2. The van der Waals surface area contributed by atoms with E-state index in [4.69, 9.17) is 0 Å². The van der Waals surface area contributed by atoms with E-state index in [0.717, 1.165) is 26.2 Å². The van der Waals surface area contributed by atoms with Gasteiger partial charge in [-0.2, -0.15) is 0 Å². The summed E-state index contributed by atoms with van der Waals surface area (Å²) in [6.45, 7) is 3.95. The Morgan fingerprint density at radius 2 is 1.89 bits per heavy atom. The summed E-state index contributed by atoms with van der Waals surface area (Å²) in [5, 5.41) is 9.50. The molecule has 3 rings (SSSR count). The summed E-state index contributed by atoms with van der Waals surface area (Å²) in [6.07, 6.45) is 0.669. The average molecular weight is 260 g/mol. The van der Waals surface area contributed by atoms with Gasteiger partial charge in [-0.15, -0.1) is 0 Å². The number of piperazine rings is 1. The van der Waals surface area contributed by atoms with Crippen molar-refractivity contribution in [3.05, 3.63) is 35.4 Å². The summed E-state index contributed by atoms with van der Waals surface area (Å²) in [5.74, 6) is -0.957. The molecule has 0 amide bonds. The second-order valence-electron chi connectivity index (χ2n) is 5.63. The lowest BCUT2D eigenvalue weighted by atomic mass is 9.98. The molecule has 2 atom stereocenters. The number of hydrogen-bond donors (Lipinski definition) is 1. The van der Waals surface area contributed by atoms with E-state index in [0.29, 0.717) is 6.42 Å². The van der Waals surface area contributed by atoms with E-state index in [-0.39, 0.29) is 12.0 Å². The van der Waals surface area contributed by atoms with Gasteiger partial charge in [0.1, 0.15) is 0 Å². The molecule has 4 nitrogen and oxygen atoms in total. The minimum Gasteiger partial charge on any atom is -0.481 e. The molecule has 0 aromatic heterocycles. The van der Waals surface area contributed by atoms with Crippen molar-refractivity contribution in [3.63, 3.8) is 0 Å². The summed E-state index contributed by atoms with van der Waals surface area (Å²) < 4.78 is 0. The van der Waals surface area contributed by atoms with E-state index in [1.807, 2.05) is 12.1 Å². The Kier molecular flexibility index (Phi) is 3.29. The number of carbonyl (C=O) groups is 1. The Morgan fingerprint density at radius 1 is 1.21 bits per heavy atom. The highest BCUT2D eigenvalue weighted by atomic mass is 16.4. The number of aliphatic carboxylic acids is 1. The van der Waals surface area contributed by atoms with Gasteiger partial charge < -0.3 is 10.0 Å². The van der Waals surface area contributed by atoms with Gasteiger partial charge in [0.25, 0.3) is 0 Å². The minimum absolute atomic E-state index is 0.0578. The highest BCUT2D eigenvalue weighted by molar-refractivity contribution is 5.73. The van der Waals surface area contributed by atoms with E-state index in [9.17, 15) is 9.90 Å². The highest BCUT2D eigenvalue weighted by Gasteiger charge is 2.41. The Balaban J connectivity index is 1.89. The SMILES string of the molecule is CN1CCN([C@@H]2c3ccccc3CC2C(=O)O)CC1. The lowest BCUT2D eigenvalue weighted by Gasteiger charge is -2.38. The molecule has 0 saturated carbocycles. The molecule has 4 heteroatoms. The summed E-state index contributed by atoms with van der Waals surface area (Å²) in [5.41, 5.74) is 2.43. The van der Waals surface area contributed by atoms with Gasteiger partial charge in [-0.3, -0.25) is 9.69 Å². The third-order valence-electron chi connectivity index (χ3n) is 4.44. The lowest BCUT2D eigenvalue weighted by Crippen LogP contribution is -2.47. The predicted octanol–water partition coefficient (Wildman–Crippen LogP) is 1.23. The zero-order valence-electron chi connectivity index (χ0n) is 11.2. The van der Waals surface area contributed by atoms with Gasteiger partial charge in [0, 0.05) is 32.2 Å². The van der Waals surface area contributed by atoms with Crippen LogP contribution < -0.4 is 0 Å².